The molecule has 158 valence electrons. The van der Waals surface area contributed by atoms with Crippen molar-refractivity contribution in [3.63, 3.8) is 0 Å². The van der Waals surface area contributed by atoms with Crippen LogP contribution in [0.15, 0.2) is 65.7 Å². The third-order valence-corrected chi connectivity index (χ3v) is 5.02. The zero-order valence-electron chi connectivity index (χ0n) is 16.7. The van der Waals surface area contributed by atoms with E-state index < -0.39 is 23.1 Å². The van der Waals surface area contributed by atoms with E-state index >= 15 is 0 Å². The lowest BCUT2D eigenvalue weighted by Gasteiger charge is -2.07. The number of carbonyl (C=O) groups is 1. The summed E-state index contributed by atoms with van der Waals surface area (Å²) < 4.78 is 28.9. The monoisotopic (exact) mass is 431 g/mol. The molecule has 0 fully saturated rings. The molecule has 5 rings (SSSR count). The second kappa shape index (κ2) is 7.38. The highest BCUT2D eigenvalue weighted by Crippen LogP contribution is 2.25. The van der Waals surface area contributed by atoms with Crippen LogP contribution in [0.3, 0.4) is 0 Å². The van der Waals surface area contributed by atoms with Gasteiger partial charge in [0.25, 0.3) is 11.5 Å². The second-order valence-electron chi connectivity index (χ2n) is 7.31. The summed E-state index contributed by atoms with van der Waals surface area (Å²) in [5.41, 5.74) is 2.10. The van der Waals surface area contributed by atoms with E-state index in [2.05, 4.69) is 20.3 Å². The van der Waals surface area contributed by atoms with E-state index in [9.17, 15) is 18.4 Å². The summed E-state index contributed by atoms with van der Waals surface area (Å²) in [5.74, 6) is -1.65. The molecule has 0 aliphatic carbocycles. The van der Waals surface area contributed by atoms with E-state index in [1.54, 1.807) is 30.5 Å². The molecule has 0 radical (unpaired) electrons. The molecule has 2 N–H and O–H groups in total. The largest absolute Gasteiger partial charge is 0.338 e. The van der Waals surface area contributed by atoms with Gasteiger partial charge in [-0.05, 0) is 55.0 Å². The fourth-order valence-electron chi connectivity index (χ4n) is 3.43. The Morgan fingerprint density at radius 2 is 1.94 bits per heavy atom. The highest BCUT2D eigenvalue weighted by molar-refractivity contribution is 6.04. The van der Waals surface area contributed by atoms with Crippen LogP contribution in [0.2, 0.25) is 0 Å². The number of rotatable bonds is 3. The van der Waals surface area contributed by atoms with Crippen LogP contribution < -0.4 is 10.9 Å². The van der Waals surface area contributed by atoms with Gasteiger partial charge in [-0.25, -0.2) is 18.7 Å². The summed E-state index contributed by atoms with van der Waals surface area (Å²) in [6, 6.07) is 11.4. The molecular formula is C23H15F2N5O2. The number of amides is 1. The Morgan fingerprint density at radius 3 is 2.78 bits per heavy atom. The third-order valence-electron chi connectivity index (χ3n) is 5.02. The number of nitrogens with zero attached hydrogens (tertiary/aromatic N) is 3. The van der Waals surface area contributed by atoms with Crippen molar-refractivity contribution in [1.29, 1.82) is 0 Å². The van der Waals surface area contributed by atoms with E-state index in [0.717, 1.165) is 23.8 Å². The first kappa shape index (κ1) is 19.6. The highest BCUT2D eigenvalue weighted by atomic mass is 19.1. The van der Waals surface area contributed by atoms with E-state index in [0.29, 0.717) is 22.4 Å². The minimum atomic E-state index is -0.617. The Bertz CT molecular complexity index is 1590. The molecule has 9 heteroatoms. The van der Waals surface area contributed by atoms with Crippen molar-refractivity contribution in [3.05, 3.63) is 94.0 Å². The topological polar surface area (TPSA) is 92.2 Å². The maximum atomic E-state index is 14.1. The van der Waals surface area contributed by atoms with Crippen molar-refractivity contribution in [2.24, 2.45) is 0 Å². The number of halogens is 2. The molecule has 3 heterocycles. The van der Waals surface area contributed by atoms with Crippen molar-refractivity contribution in [2.45, 2.75) is 6.92 Å². The van der Waals surface area contributed by atoms with Gasteiger partial charge in [-0.1, -0.05) is 6.07 Å². The van der Waals surface area contributed by atoms with Crippen molar-refractivity contribution in [1.82, 2.24) is 19.4 Å². The van der Waals surface area contributed by atoms with Gasteiger partial charge in [-0.3, -0.25) is 14.0 Å². The van der Waals surface area contributed by atoms with Crippen LogP contribution in [-0.2, 0) is 0 Å². The fraction of sp³-hybridized carbons (Fsp3) is 0.0435. The summed E-state index contributed by atoms with van der Waals surface area (Å²) >= 11 is 0. The molecule has 0 unspecified atom stereocenters. The molecule has 3 aromatic heterocycles. The van der Waals surface area contributed by atoms with Crippen molar-refractivity contribution in [3.8, 4) is 11.4 Å². The first-order valence-electron chi connectivity index (χ1n) is 9.63. The lowest BCUT2D eigenvalue weighted by molar-refractivity contribution is 0.102. The van der Waals surface area contributed by atoms with Gasteiger partial charge in [-0.2, -0.15) is 0 Å². The number of benzene rings is 2. The summed E-state index contributed by atoms with van der Waals surface area (Å²) in [6.07, 6.45) is 2.85. The highest BCUT2D eigenvalue weighted by Gasteiger charge is 2.15. The van der Waals surface area contributed by atoms with E-state index in [4.69, 9.17) is 0 Å². The molecule has 5 aromatic rings. The van der Waals surface area contributed by atoms with Gasteiger partial charge in [0.05, 0.1) is 16.6 Å². The van der Waals surface area contributed by atoms with Crippen LogP contribution in [0.4, 0.5) is 14.5 Å². The van der Waals surface area contributed by atoms with Crippen LogP contribution in [0.5, 0.6) is 0 Å². The van der Waals surface area contributed by atoms with Gasteiger partial charge in [0.15, 0.2) is 0 Å². The first-order valence-corrected chi connectivity index (χ1v) is 9.63. The molecule has 0 atom stereocenters. The number of nitrogens with one attached hydrogen (secondary N) is 2. The molecule has 2 aromatic carbocycles. The fourth-order valence-corrected chi connectivity index (χ4v) is 3.43. The van der Waals surface area contributed by atoms with Crippen LogP contribution in [0, 0.1) is 18.6 Å². The zero-order valence-corrected chi connectivity index (χ0v) is 16.7. The van der Waals surface area contributed by atoms with Crippen molar-refractivity contribution in [2.75, 3.05) is 5.32 Å². The van der Waals surface area contributed by atoms with Gasteiger partial charge >= 0.3 is 0 Å². The van der Waals surface area contributed by atoms with Gasteiger partial charge < -0.3 is 10.3 Å². The summed E-state index contributed by atoms with van der Waals surface area (Å²) in [7, 11) is 0. The smallest absolute Gasteiger partial charge is 0.270 e. The normalized spacial score (nSPS) is 11.2. The number of hydrogen-bond acceptors (Lipinski definition) is 4. The Kier molecular flexibility index (Phi) is 4.51. The first-order chi connectivity index (χ1) is 15.4. The summed E-state index contributed by atoms with van der Waals surface area (Å²) in [4.78, 5) is 36.8. The Balaban J connectivity index is 1.47. The van der Waals surface area contributed by atoms with Crippen LogP contribution in [0.25, 0.3) is 28.1 Å². The summed E-state index contributed by atoms with van der Waals surface area (Å²) in [5, 5.41) is 2.67. The Labute approximate surface area is 179 Å². The molecule has 0 aliphatic heterocycles. The van der Waals surface area contributed by atoms with Crippen molar-refractivity contribution < 1.29 is 13.6 Å². The third kappa shape index (κ3) is 3.39. The minimum Gasteiger partial charge on any atom is -0.338 e. The van der Waals surface area contributed by atoms with Gasteiger partial charge in [-0.15, -0.1) is 0 Å². The number of aromatic nitrogens is 4. The quantitative estimate of drug-likeness (QED) is 0.450. The van der Waals surface area contributed by atoms with Gasteiger partial charge in [0.2, 0.25) is 0 Å². The Hall–Kier alpha value is -4.40. The molecule has 0 saturated heterocycles. The second-order valence-corrected chi connectivity index (χ2v) is 7.31. The maximum absolute atomic E-state index is 14.1. The predicted molar refractivity (Wildman–Crippen MR) is 116 cm³/mol. The molecule has 1 amide bonds. The van der Waals surface area contributed by atoms with Gasteiger partial charge in [0.1, 0.15) is 28.7 Å². The molecule has 0 aliphatic rings. The maximum Gasteiger partial charge on any atom is 0.270 e. The van der Waals surface area contributed by atoms with E-state index in [-0.39, 0.29) is 17.0 Å². The number of anilines is 1. The number of imidazole rings is 1. The number of hydrogen-bond donors (Lipinski definition) is 2. The SMILES string of the molecule is Cc1ccc2ncc(C(=O)Nc3ccc4nc(-c5cc(F)ccc5F)[nH]c4c3)c(=O)n2c1. The lowest BCUT2D eigenvalue weighted by atomic mass is 10.2. The molecule has 32 heavy (non-hydrogen) atoms. The van der Waals surface area contributed by atoms with Crippen molar-refractivity contribution >= 4 is 28.3 Å². The minimum absolute atomic E-state index is 0.00246. The van der Waals surface area contributed by atoms with Gasteiger partial charge in [0, 0.05) is 18.1 Å². The number of aryl methyl sites for hydroxylation is 1. The predicted octanol–water partition coefficient (Wildman–Crippen LogP) is 4.08. The average Bonchev–Trinajstić information content (AvgIpc) is 3.19. The zero-order chi connectivity index (χ0) is 22.4. The molecular weight excluding hydrogens is 416 g/mol. The number of carbonyl (C=O) groups excluding carboxylic acids is 1. The number of aromatic amines is 1. The molecule has 0 spiro atoms. The average molecular weight is 431 g/mol. The number of fused-ring (bicyclic) bond motifs is 2. The van der Waals surface area contributed by atoms with E-state index in [1.165, 1.54) is 10.6 Å². The molecule has 7 nitrogen and oxygen atoms in total. The van der Waals surface area contributed by atoms with E-state index in [1.807, 2.05) is 13.0 Å². The number of pyridine rings is 1. The molecule has 0 bridgehead atoms. The molecule has 0 saturated carbocycles. The van der Waals surface area contributed by atoms with Crippen LogP contribution in [0.1, 0.15) is 15.9 Å². The van der Waals surface area contributed by atoms with Crippen LogP contribution in [-0.4, -0.2) is 25.3 Å². The standard InChI is InChI=1S/C23H15F2N5O2/c1-12-2-7-20-26-10-16(23(32)30(20)11-12)22(31)27-14-4-6-18-19(9-14)29-21(28-18)15-8-13(24)3-5-17(15)25/h2-11H,1H3,(H,27,31)(H,28,29). The Morgan fingerprint density at radius 1 is 1.09 bits per heavy atom. The van der Waals surface area contributed by atoms with Crippen LogP contribution >= 0.6 is 0 Å². The number of H-pyrrole nitrogens is 1. The lowest BCUT2D eigenvalue weighted by Crippen LogP contribution is -2.26. The summed E-state index contributed by atoms with van der Waals surface area (Å²) in [6.45, 7) is 1.84.